The number of nitrogens with one attached hydrogen (secondary N) is 1. The van der Waals surface area contributed by atoms with Crippen molar-refractivity contribution in [3.05, 3.63) is 27.3 Å². The molecular formula is C12H18N4OS. The second kappa shape index (κ2) is 5.58. The molecule has 0 fully saturated rings. The average molecular weight is 266 g/mol. The molecule has 6 heteroatoms. The third-order valence-corrected chi connectivity index (χ3v) is 3.96. The molecule has 2 aromatic heterocycles. The van der Waals surface area contributed by atoms with E-state index >= 15 is 0 Å². The summed E-state index contributed by atoms with van der Waals surface area (Å²) >= 11 is 1.75. The van der Waals surface area contributed by atoms with Gasteiger partial charge in [-0.1, -0.05) is 5.16 Å². The summed E-state index contributed by atoms with van der Waals surface area (Å²) in [6.07, 6.45) is 0.776. The van der Waals surface area contributed by atoms with Crippen LogP contribution < -0.4 is 5.32 Å². The van der Waals surface area contributed by atoms with Gasteiger partial charge in [0.05, 0.1) is 10.7 Å². The van der Waals surface area contributed by atoms with E-state index in [1.54, 1.807) is 18.3 Å². The van der Waals surface area contributed by atoms with Crippen molar-refractivity contribution >= 4 is 11.3 Å². The molecule has 18 heavy (non-hydrogen) atoms. The van der Waals surface area contributed by atoms with Crippen molar-refractivity contribution in [1.29, 1.82) is 0 Å². The van der Waals surface area contributed by atoms with Gasteiger partial charge in [-0.25, -0.2) is 4.98 Å². The van der Waals surface area contributed by atoms with Crippen LogP contribution >= 0.6 is 11.3 Å². The van der Waals surface area contributed by atoms with Crippen LogP contribution in [0.2, 0.25) is 0 Å². The second-order valence-corrected chi connectivity index (χ2v) is 5.57. The predicted octanol–water partition coefficient (Wildman–Crippen LogP) is 2.34. The van der Waals surface area contributed by atoms with Gasteiger partial charge in [-0.3, -0.25) is 0 Å². The molecule has 0 amide bonds. The summed E-state index contributed by atoms with van der Waals surface area (Å²) < 4.78 is 4.93. The topological polar surface area (TPSA) is 63.8 Å². The largest absolute Gasteiger partial charge is 0.340 e. The van der Waals surface area contributed by atoms with Crippen LogP contribution in [0.5, 0.6) is 0 Å². The van der Waals surface area contributed by atoms with E-state index in [4.69, 9.17) is 4.52 Å². The zero-order chi connectivity index (χ0) is 13.1. The third kappa shape index (κ3) is 3.14. The first-order valence-electron chi connectivity index (χ1n) is 6.02. The van der Waals surface area contributed by atoms with Crippen LogP contribution in [0.4, 0.5) is 0 Å². The number of aromatic nitrogens is 3. The summed E-state index contributed by atoms with van der Waals surface area (Å²) in [6.45, 7) is 8.88. The molecule has 0 radical (unpaired) electrons. The van der Waals surface area contributed by atoms with Crippen LogP contribution in [0.1, 0.15) is 40.3 Å². The number of hydrogen-bond acceptors (Lipinski definition) is 6. The zero-order valence-corrected chi connectivity index (χ0v) is 12.0. The van der Waals surface area contributed by atoms with Crippen LogP contribution in [0.25, 0.3) is 0 Å². The van der Waals surface area contributed by atoms with Crippen molar-refractivity contribution in [3.63, 3.8) is 0 Å². The first-order chi connectivity index (χ1) is 8.56. The highest BCUT2D eigenvalue weighted by molar-refractivity contribution is 7.11. The van der Waals surface area contributed by atoms with Crippen molar-refractivity contribution in [2.75, 3.05) is 6.54 Å². The van der Waals surface area contributed by atoms with Crippen LogP contribution in [0.3, 0.4) is 0 Å². The minimum atomic E-state index is 0.309. The SMILES string of the molecule is Cc1nc(CCNC(C)c2sc(C)nc2C)no1. The fraction of sp³-hybridized carbons (Fsp3) is 0.583. The molecule has 0 aromatic carbocycles. The fourth-order valence-electron chi connectivity index (χ4n) is 1.88. The highest BCUT2D eigenvalue weighted by Gasteiger charge is 2.12. The summed E-state index contributed by atoms with van der Waals surface area (Å²) in [5.41, 5.74) is 1.12. The van der Waals surface area contributed by atoms with Crippen molar-refractivity contribution in [2.24, 2.45) is 0 Å². The molecule has 0 saturated heterocycles. The minimum absolute atomic E-state index is 0.309. The van der Waals surface area contributed by atoms with Gasteiger partial charge in [0.25, 0.3) is 0 Å². The van der Waals surface area contributed by atoms with Crippen LogP contribution in [-0.2, 0) is 6.42 Å². The van der Waals surface area contributed by atoms with Crippen LogP contribution in [0.15, 0.2) is 4.52 Å². The lowest BCUT2D eigenvalue weighted by Gasteiger charge is -2.11. The maximum atomic E-state index is 4.93. The Morgan fingerprint density at radius 1 is 1.28 bits per heavy atom. The summed E-state index contributed by atoms with van der Waals surface area (Å²) in [7, 11) is 0. The van der Waals surface area contributed by atoms with Crippen molar-refractivity contribution in [3.8, 4) is 0 Å². The Morgan fingerprint density at radius 3 is 2.61 bits per heavy atom. The van der Waals surface area contributed by atoms with Crippen molar-refractivity contribution in [1.82, 2.24) is 20.4 Å². The number of nitrogens with zero attached hydrogens (tertiary/aromatic N) is 3. The molecule has 0 aliphatic heterocycles. The van der Waals surface area contributed by atoms with Gasteiger partial charge < -0.3 is 9.84 Å². The molecule has 1 N–H and O–H groups in total. The molecule has 1 unspecified atom stereocenters. The Balaban J connectivity index is 1.85. The van der Waals surface area contributed by atoms with E-state index in [1.807, 2.05) is 6.92 Å². The predicted molar refractivity (Wildman–Crippen MR) is 70.7 cm³/mol. The highest BCUT2D eigenvalue weighted by atomic mass is 32.1. The van der Waals surface area contributed by atoms with Crippen molar-refractivity contribution in [2.45, 2.75) is 40.2 Å². The number of hydrogen-bond donors (Lipinski definition) is 1. The van der Waals surface area contributed by atoms with Crippen molar-refractivity contribution < 1.29 is 4.52 Å². The Kier molecular flexibility index (Phi) is 4.08. The molecule has 2 rings (SSSR count). The average Bonchev–Trinajstić information content (AvgIpc) is 2.85. The lowest BCUT2D eigenvalue weighted by atomic mass is 10.2. The zero-order valence-electron chi connectivity index (χ0n) is 11.1. The lowest BCUT2D eigenvalue weighted by molar-refractivity contribution is 0.386. The van der Waals surface area contributed by atoms with E-state index in [1.165, 1.54) is 4.88 Å². The van der Waals surface area contributed by atoms with Gasteiger partial charge in [-0.15, -0.1) is 11.3 Å². The van der Waals surface area contributed by atoms with E-state index in [0.29, 0.717) is 11.9 Å². The molecule has 0 saturated carbocycles. The van der Waals surface area contributed by atoms with Gasteiger partial charge in [-0.05, 0) is 20.8 Å². The number of rotatable bonds is 5. The van der Waals surface area contributed by atoms with E-state index in [9.17, 15) is 0 Å². The molecule has 2 aromatic rings. The van der Waals surface area contributed by atoms with Gasteiger partial charge in [0.1, 0.15) is 0 Å². The summed E-state index contributed by atoms with van der Waals surface area (Å²) in [4.78, 5) is 9.92. The summed E-state index contributed by atoms with van der Waals surface area (Å²) in [5.74, 6) is 1.37. The van der Waals surface area contributed by atoms with Gasteiger partial charge in [0.2, 0.25) is 5.89 Å². The highest BCUT2D eigenvalue weighted by Crippen LogP contribution is 2.24. The fourth-order valence-corrected chi connectivity index (χ4v) is 2.84. The molecule has 98 valence electrons. The molecule has 0 aliphatic rings. The quantitative estimate of drug-likeness (QED) is 0.900. The maximum absolute atomic E-state index is 4.93. The van der Waals surface area contributed by atoms with E-state index in [-0.39, 0.29) is 0 Å². The molecule has 5 nitrogen and oxygen atoms in total. The Morgan fingerprint density at radius 2 is 2.06 bits per heavy atom. The Hall–Kier alpha value is -1.27. The summed E-state index contributed by atoms with van der Waals surface area (Å²) in [6, 6.07) is 0.309. The number of aryl methyl sites for hydroxylation is 3. The Labute approximate surface area is 111 Å². The van der Waals surface area contributed by atoms with Crippen LogP contribution in [0, 0.1) is 20.8 Å². The van der Waals surface area contributed by atoms with Gasteiger partial charge in [0.15, 0.2) is 5.82 Å². The minimum Gasteiger partial charge on any atom is -0.340 e. The monoisotopic (exact) mass is 266 g/mol. The van der Waals surface area contributed by atoms with E-state index in [0.717, 1.165) is 29.5 Å². The van der Waals surface area contributed by atoms with Gasteiger partial charge in [0, 0.05) is 30.8 Å². The normalized spacial score (nSPS) is 12.9. The first kappa shape index (κ1) is 13.2. The lowest BCUT2D eigenvalue weighted by Crippen LogP contribution is -2.21. The first-order valence-corrected chi connectivity index (χ1v) is 6.84. The maximum Gasteiger partial charge on any atom is 0.223 e. The molecule has 2 heterocycles. The molecule has 0 aliphatic carbocycles. The molecular weight excluding hydrogens is 248 g/mol. The third-order valence-electron chi connectivity index (χ3n) is 2.70. The Bertz CT molecular complexity index is 520. The smallest absolute Gasteiger partial charge is 0.223 e. The second-order valence-electron chi connectivity index (χ2n) is 4.34. The molecule has 0 bridgehead atoms. The van der Waals surface area contributed by atoms with Gasteiger partial charge >= 0.3 is 0 Å². The van der Waals surface area contributed by atoms with Gasteiger partial charge in [-0.2, -0.15) is 4.98 Å². The molecule has 1 atom stereocenters. The standard InChI is InChI=1S/C12H18N4OS/c1-7(12-8(2)14-10(4)18-12)13-6-5-11-15-9(3)17-16-11/h7,13H,5-6H2,1-4H3. The summed E-state index contributed by atoms with van der Waals surface area (Å²) in [5, 5.41) is 8.45. The molecule has 0 spiro atoms. The number of thiazole rings is 1. The van der Waals surface area contributed by atoms with E-state index in [2.05, 4.69) is 34.3 Å². The van der Waals surface area contributed by atoms with Crippen LogP contribution in [-0.4, -0.2) is 21.7 Å². The van der Waals surface area contributed by atoms with E-state index < -0.39 is 0 Å².